The molecule has 0 bridgehead atoms. The molecule has 0 saturated carbocycles. The number of carbonyl (C=O) groups is 2. The number of benzene rings is 1. The van der Waals surface area contributed by atoms with Crippen LogP contribution in [-0.4, -0.2) is 42.9 Å². The third-order valence-electron chi connectivity index (χ3n) is 4.23. The number of hydrogen-bond donors (Lipinski definition) is 2. The molecule has 1 aromatic rings. The molecule has 1 amide bonds. The SMILES string of the molecule is COc1cc(CNC(=O)[C@@H]2CC[C@H](C(=O)O)O2)ccc1OCCC(C)C. The van der Waals surface area contributed by atoms with E-state index < -0.39 is 18.2 Å². The van der Waals surface area contributed by atoms with Crippen molar-refractivity contribution in [3.05, 3.63) is 23.8 Å². The lowest BCUT2D eigenvalue weighted by Gasteiger charge is -2.14. The summed E-state index contributed by atoms with van der Waals surface area (Å²) in [4.78, 5) is 23.0. The van der Waals surface area contributed by atoms with E-state index in [4.69, 9.17) is 19.3 Å². The number of nitrogens with one attached hydrogen (secondary N) is 1. The average molecular weight is 365 g/mol. The van der Waals surface area contributed by atoms with Gasteiger partial charge in [0.05, 0.1) is 13.7 Å². The normalized spacial score (nSPS) is 19.4. The number of carboxylic acids is 1. The number of rotatable bonds is 9. The predicted molar refractivity (Wildman–Crippen MR) is 95.3 cm³/mol. The molecule has 0 aliphatic carbocycles. The Hall–Kier alpha value is -2.28. The van der Waals surface area contributed by atoms with Gasteiger partial charge in [-0.3, -0.25) is 4.79 Å². The Morgan fingerprint density at radius 1 is 1.27 bits per heavy atom. The zero-order chi connectivity index (χ0) is 19.1. The molecule has 0 radical (unpaired) electrons. The van der Waals surface area contributed by atoms with E-state index in [-0.39, 0.29) is 5.91 Å². The lowest BCUT2D eigenvalue weighted by Crippen LogP contribution is -2.35. The lowest BCUT2D eigenvalue weighted by atomic mass is 10.1. The van der Waals surface area contributed by atoms with Gasteiger partial charge in [-0.15, -0.1) is 0 Å². The van der Waals surface area contributed by atoms with Gasteiger partial charge < -0.3 is 24.6 Å². The molecule has 1 fully saturated rings. The molecule has 1 aliphatic rings. The van der Waals surface area contributed by atoms with Gasteiger partial charge in [0.2, 0.25) is 5.91 Å². The average Bonchev–Trinajstić information content (AvgIpc) is 3.10. The smallest absolute Gasteiger partial charge is 0.332 e. The van der Waals surface area contributed by atoms with E-state index in [1.54, 1.807) is 7.11 Å². The van der Waals surface area contributed by atoms with Crippen molar-refractivity contribution in [2.24, 2.45) is 5.92 Å². The first kappa shape index (κ1) is 20.0. The first-order valence-electron chi connectivity index (χ1n) is 8.86. The van der Waals surface area contributed by atoms with Crippen molar-refractivity contribution in [3.63, 3.8) is 0 Å². The summed E-state index contributed by atoms with van der Waals surface area (Å²) >= 11 is 0. The molecule has 7 heteroatoms. The van der Waals surface area contributed by atoms with Gasteiger partial charge in [-0.25, -0.2) is 4.79 Å². The Morgan fingerprint density at radius 2 is 2.00 bits per heavy atom. The Morgan fingerprint density at radius 3 is 2.62 bits per heavy atom. The number of carbonyl (C=O) groups excluding carboxylic acids is 1. The fourth-order valence-electron chi connectivity index (χ4n) is 2.66. The molecule has 26 heavy (non-hydrogen) atoms. The van der Waals surface area contributed by atoms with Crippen LogP contribution in [0.2, 0.25) is 0 Å². The van der Waals surface area contributed by atoms with Gasteiger partial charge in [0, 0.05) is 6.54 Å². The third-order valence-corrected chi connectivity index (χ3v) is 4.23. The number of methoxy groups -OCH3 is 1. The van der Waals surface area contributed by atoms with E-state index in [0.717, 1.165) is 12.0 Å². The summed E-state index contributed by atoms with van der Waals surface area (Å²) < 4.78 is 16.4. The highest BCUT2D eigenvalue weighted by Gasteiger charge is 2.34. The maximum Gasteiger partial charge on any atom is 0.332 e. The summed E-state index contributed by atoms with van der Waals surface area (Å²) in [7, 11) is 1.57. The van der Waals surface area contributed by atoms with Crippen molar-refractivity contribution >= 4 is 11.9 Å². The number of ether oxygens (including phenoxy) is 3. The van der Waals surface area contributed by atoms with Crippen LogP contribution in [0.25, 0.3) is 0 Å². The minimum Gasteiger partial charge on any atom is -0.493 e. The molecule has 0 unspecified atom stereocenters. The minimum atomic E-state index is -1.03. The number of aliphatic carboxylic acids is 1. The monoisotopic (exact) mass is 365 g/mol. The summed E-state index contributed by atoms with van der Waals surface area (Å²) in [5, 5.41) is 11.7. The molecule has 1 aromatic carbocycles. The van der Waals surface area contributed by atoms with Crippen molar-refractivity contribution in [2.45, 2.75) is 51.9 Å². The quantitative estimate of drug-likeness (QED) is 0.698. The molecule has 7 nitrogen and oxygen atoms in total. The van der Waals surface area contributed by atoms with E-state index in [1.807, 2.05) is 18.2 Å². The highest BCUT2D eigenvalue weighted by molar-refractivity contribution is 5.82. The second kappa shape index (κ2) is 9.43. The molecule has 0 aromatic heterocycles. The van der Waals surface area contributed by atoms with E-state index in [2.05, 4.69) is 19.2 Å². The van der Waals surface area contributed by atoms with Gasteiger partial charge in [-0.1, -0.05) is 19.9 Å². The molecule has 1 aliphatic heterocycles. The fourth-order valence-corrected chi connectivity index (χ4v) is 2.66. The van der Waals surface area contributed by atoms with Gasteiger partial charge in [-0.2, -0.15) is 0 Å². The van der Waals surface area contributed by atoms with Gasteiger partial charge in [0.15, 0.2) is 17.6 Å². The van der Waals surface area contributed by atoms with E-state index >= 15 is 0 Å². The second-order valence-corrected chi connectivity index (χ2v) is 6.76. The van der Waals surface area contributed by atoms with Crippen molar-refractivity contribution in [3.8, 4) is 11.5 Å². The van der Waals surface area contributed by atoms with E-state index in [9.17, 15) is 9.59 Å². The minimum absolute atomic E-state index is 0.301. The van der Waals surface area contributed by atoms with Crippen molar-refractivity contribution < 1.29 is 28.9 Å². The lowest BCUT2D eigenvalue weighted by molar-refractivity contribution is -0.151. The van der Waals surface area contributed by atoms with Gasteiger partial charge in [0.25, 0.3) is 0 Å². The summed E-state index contributed by atoms with van der Waals surface area (Å²) in [6, 6.07) is 5.51. The fraction of sp³-hybridized carbons (Fsp3) is 0.579. The topological polar surface area (TPSA) is 94.1 Å². The summed E-state index contributed by atoms with van der Waals surface area (Å²) in [5.74, 6) is 0.521. The first-order valence-corrected chi connectivity index (χ1v) is 8.86. The van der Waals surface area contributed by atoms with E-state index in [0.29, 0.717) is 43.4 Å². The molecule has 144 valence electrons. The van der Waals surface area contributed by atoms with Crippen molar-refractivity contribution in [1.29, 1.82) is 0 Å². The molecule has 2 rings (SSSR count). The van der Waals surface area contributed by atoms with Crippen LogP contribution >= 0.6 is 0 Å². The van der Waals surface area contributed by atoms with E-state index in [1.165, 1.54) is 0 Å². The third kappa shape index (κ3) is 5.62. The van der Waals surface area contributed by atoms with Crippen molar-refractivity contribution in [2.75, 3.05) is 13.7 Å². The van der Waals surface area contributed by atoms with Crippen LogP contribution in [0, 0.1) is 5.92 Å². The number of hydrogen-bond acceptors (Lipinski definition) is 5. The summed E-state index contributed by atoms with van der Waals surface area (Å²) in [6.45, 7) is 5.20. The highest BCUT2D eigenvalue weighted by Crippen LogP contribution is 2.28. The van der Waals surface area contributed by atoms with Crippen LogP contribution in [0.1, 0.15) is 38.7 Å². The molecule has 0 spiro atoms. The molecule has 2 N–H and O–H groups in total. The van der Waals surface area contributed by atoms with Crippen LogP contribution < -0.4 is 14.8 Å². The molecule has 1 heterocycles. The maximum absolute atomic E-state index is 12.1. The zero-order valence-electron chi connectivity index (χ0n) is 15.5. The Balaban J connectivity index is 1.87. The molecular weight excluding hydrogens is 338 g/mol. The zero-order valence-corrected chi connectivity index (χ0v) is 15.5. The predicted octanol–water partition coefficient (Wildman–Crippen LogP) is 2.37. The molecule has 1 saturated heterocycles. The van der Waals surface area contributed by atoms with Gasteiger partial charge in [-0.05, 0) is 42.9 Å². The van der Waals surface area contributed by atoms with Crippen LogP contribution in [0.15, 0.2) is 18.2 Å². The van der Waals surface area contributed by atoms with Crippen LogP contribution in [0.4, 0.5) is 0 Å². The van der Waals surface area contributed by atoms with Crippen LogP contribution in [0.5, 0.6) is 11.5 Å². The van der Waals surface area contributed by atoms with Crippen molar-refractivity contribution in [1.82, 2.24) is 5.32 Å². The first-order chi connectivity index (χ1) is 12.4. The Kier molecular flexibility index (Phi) is 7.26. The summed E-state index contributed by atoms with van der Waals surface area (Å²) in [6.07, 6.45) is 0.114. The Bertz CT molecular complexity index is 630. The van der Waals surface area contributed by atoms with Gasteiger partial charge >= 0.3 is 5.97 Å². The standard InChI is InChI=1S/C19H27NO6/c1-12(2)8-9-25-14-5-4-13(10-17(14)24-3)11-20-18(21)15-6-7-16(26-15)19(22)23/h4-5,10,12,15-16H,6-9,11H2,1-3H3,(H,20,21)(H,22,23)/t15-,16+/m0/s1. The van der Waals surface area contributed by atoms with Crippen LogP contribution in [0.3, 0.4) is 0 Å². The molecular formula is C19H27NO6. The molecule has 2 atom stereocenters. The largest absolute Gasteiger partial charge is 0.493 e. The maximum atomic E-state index is 12.1. The highest BCUT2D eigenvalue weighted by atomic mass is 16.5. The summed E-state index contributed by atoms with van der Waals surface area (Å²) in [5.41, 5.74) is 0.860. The van der Waals surface area contributed by atoms with Crippen LogP contribution in [-0.2, 0) is 20.9 Å². The number of carboxylic acid groups (broad SMARTS) is 1. The Labute approximate surface area is 153 Å². The van der Waals surface area contributed by atoms with Gasteiger partial charge in [0.1, 0.15) is 6.10 Å². The number of amides is 1. The second-order valence-electron chi connectivity index (χ2n) is 6.76.